The number of carbonyl (C=O) groups excluding carboxylic acids is 3. The number of aromatic nitrogens is 1. The first-order chi connectivity index (χ1) is 13.2. The molecule has 0 aliphatic carbocycles. The topological polar surface area (TPSA) is 102 Å². The van der Waals surface area contributed by atoms with Crippen molar-refractivity contribution in [3.8, 4) is 0 Å². The summed E-state index contributed by atoms with van der Waals surface area (Å²) in [7, 11) is 0. The first kappa shape index (κ1) is 19.6. The lowest BCUT2D eigenvalue weighted by Crippen LogP contribution is -2.60. The number of amides is 2. The number of para-hydroxylation sites is 2. The molecular weight excluding hydrogens is 362 g/mol. The number of aryl methyl sites for hydroxylation is 2. The van der Waals surface area contributed by atoms with Crippen LogP contribution >= 0.6 is 0 Å². The highest BCUT2D eigenvalue weighted by Crippen LogP contribution is 2.37. The molecular formula is C20H23N3O5. The second-order valence-corrected chi connectivity index (χ2v) is 7.17. The van der Waals surface area contributed by atoms with Crippen molar-refractivity contribution in [1.82, 2.24) is 5.16 Å². The molecule has 28 heavy (non-hydrogen) atoms. The fourth-order valence-electron chi connectivity index (χ4n) is 3.22. The maximum Gasteiger partial charge on any atom is 0.344 e. The van der Waals surface area contributed by atoms with Crippen molar-refractivity contribution < 1.29 is 23.6 Å². The fraction of sp³-hybridized carbons (Fsp3) is 0.400. The normalized spacial score (nSPS) is 16.2. The van der Waals surface area contributed by atoms with Crippen molar-refractivity contribution in [1.29, 1.82) is 0 Å². The minimum atomic E-state index is -1.15. The molecule has 3 rings (SSSR count). The molecule has 1 N–H and O–H groups in total. The lowest BCUT2D eigenvalue weighted by molar-refractivity contribution is -0.131. The number of ether oxygens (including phenoxy) is 1. The van der Waals surface area contributed by atoms with Crippen LogP contribution in [0.25, 0.3) is 0 Å². The Labute approximate surface area is 162 Å². The average Bonchev–Trinajstić information content (AvgIpc) is 3.02. The molecule has 1 atom stereocenters. The molecule has 1 aliphatic rings. The lowest BCUT2D eigenvalue weighted by atomic mass is 9.95. The summed E-state index contributed by atoms with van der Waals surface area (Å²) in [5.74, 6) is -1.15. The molecule has 0 spiro atoms. The molecule has 2 aromatic rings. The predicted octanol–water partition coefficient (Wildman–Crippen LogP) is 2.85. The number of benzene rings is 1. The number of esters is 1. The van der Waals surface area contributed by atoms with Crippen LogP contribution in [-0.2, 0) is 20.7 Å². The lowest BCUT2D eigenvalue weighted by Gasteiger charge is -2.42. The highest BCUT2D eigenvalue weighted by molar-refractivity contribution is 6.15. The third kappa shape index (κ3) is 3.15. The van der Waals surface area contributed by atoms with Gasteiger partial charge >= 0.3 is 5.97 Å². The Balaban J connectivity index is 1.89. The van der Waals surface area contributed by atoms with Gasteiger partial charge in [-0.05, 0) is 46.2 Å². The molecule has 1 aliphatic heterocycles. The molecule has 2 heterocycles. The maximum atomic E-state index is 13.2. The van der Waals surface area contributed by atoms with Gasteiger partial charge in [-0.25, -0.2) is 4.79 Å². The van der Waals surface area contributed by atoms with Crippen molar-refractivity contribution in [3.63, 3.8) is 0 Å². The summed E-state index contributed by atoms with van der Waals surface area (Å²) in [6.45, 7) is 8.23. The van der Waals surface area contributed by atoms with Gasteiger partial charge in [0, 0.05) is 0 Å². The van der Waals surface area contributed by atoms with Crippen LogP contribution in [0.2, 0.25) is 0 Å². The molecule has 0 radical (unpaired) electrons. The van der Waals surface area contributed by atoms with E-state index in [1.807, 2.05) is 6.92 Å². The van der Waals surface area contributed by atoms with E-state index < -0.39 is 23.5 Å². The standard InChI is InChI=1S/C20H23N3O5/c1-6-13-16(11(2)28-22-13)18(25)27-12(3)17(24)23-15-10-8-7-9-14(15)21-19(26)20(23,4)5/h7-10,12H,6H2,1-5H3,(H,21,26)/t12-/m1/s1. The van der Waals surface area contributed by atoms with Crippen LogP contribution in [0.5, 0.6) is 0 Å². The van der Waals surface area contributed by atoms with Crippen molar-refractivity contribution in [2.45, 2.75) is 52.7 Å². The first-order valence-electron chi connectivity index (χ1n) is 9.09. The van der Waals surface area contributed by atoms with Crippen LogP contribution in [0, 0.1) is 6.92 Å². The summed E-state index contributed by atoms with van der Waals surface area (Å²) in [6, 6.07) is 7.00. The summed E-state index contributed by atoms with van der Waals surface area (Å²) in [4.78, 5) is 39.7. The van der Waals surface area contributed by atoms with E-state index in [9.17, 15) is 14.4 Å². The van der Waals surface area contributed by atoms with E-state index >= 15 is 0 Å². The number of hydrogen-bond donors (Lipinski definition) is 1. The Hall–Kier alpha value is -3.16. The number of anilines is 2. The number of hydrogen-bond acceptors (Lipinski definition) is 6. The van der Waals surface area contributed by atoms with E-state index in [0.29, 0.717) is 29.2 Å². The van der Waals surface area contributed by atoms with E-state index in [1.165, 1.54) is 11.8 Å². The van der Waals surface area contributed by atoms with Gasteiger partial charge < -0.3 is 14.6 Å². The molecule has 2 amide bonds. The molecule has 0 bridgehead atoms. The summed E-state index contributed by atoms with van der Waals surface area (Å²) in [5, 5.41) is 6.63. The Morgan fingerprint density at radius 3 is 2.68 bits per heavy atom. The smallest absolute Gasteiger partial charge is 0.344 e. The van der Waals surface area contributed by atoms with Crippen LogP contribution < -0.4 is 10.2 Å². The van der Waals surface area contributed by atoms with Crippen LogP contribution in [0.15, 0.2) is 28.8 Å². The van der Waals surface area contributed by atoms with Crippen LogP contribution in [0.3, 0.4) is 0 Å². The summed E-state index contributed by atoms with van der Waals surface area (Å²) >= 11 is 0. The Morgan fingerprint density at radius 1 is 1.32 bits per heavy atom. The largest absolute Gasteiger partial charge is 0.449 e. The molecule has 1 aromatic heterocycles. The van der Waals surface area contributed by atoms with Gasteiger partial charge in [0.2, 0.25) is 5.91 Å². The molecule has 0 unspecified atom stereocenters. The quantitative estimate of drug-likeness (QED) is 0.812. The molecule has 0 saturated heterocycles. The SMILES string of the molecule is CCc1noc(C)c1C(=O)O[C@H](C)C(=O)N1c2ccccc2NC(=O)C1(C)C. The highest BCUT2D eigenvalue weighted by Gasteiger charge is 2.45. The van der Waals surface area contributed by atoms with Gasteiger partial charge in [-0.15, -0.1) is 0 Å². The van der Waals surface area contributed by atoms with Gasteiger partial charge in [0.25, 0.3) is 5.91 Å². The Bertz CT molecular complexity index is 947. The Kier molecular flexibility index (Phi) is 4.97. The van der Waals surface area contributed by atoms with Gasteiger partial charge in [0.1, 0.15) is 16.9 Å². The van der Waals surface area contributed by atoms with E-state index in [0.717, 1.165) is 0 Å². The van der Waals surface area contributed by atoms with E-state index in [-0.39, 0.29) is 11.5 Å². The zero-order valence-electron chi connectivity index (χ0n) is 16.5. The molecule has 0 fully saturated rings. The molecule has 0 saturated carbocycles. The van der Waals surface area contributed by atoms with E-state index in [4.69, 9.17) is 9.26 Å². The predicted molar refractivity (Wildman–Crippen MR) is 102 cm³/mol. The summed E-state index contributed by atoms with van der Waals surface area (Å²) < 4.78 is 10.5. The first-order valence-corrected chi connectivity index (χ1v) is 9.09. The average molecular weight is 385 g/mol. The Morgan fingerprint density at radius 2 is 2.00 bits per heavy atom. The van der Waals surface area contributed by atoms with Crippen molar-refractivity contribution in [3.05, 3.63) is 41.3 Å². The number of nitrogens with one attached hydrogen (secondary N) is 1. The number of nitrogens with zero attached hydrogens (tertiary/aromatic N) is 2. The van der Waals surface area contributed by atoms with Gasteiger partial charge in [-0.3, -0.25) is 14.5 Å². The third-order valence-corrected chi connectivity index (χ3v) is 4.83. The zero-order chi connectivity index (χ0) is 20.6. The van der Waals surface area contributed by atoms with Crippen molar-refractivity contribution in [2.75, 3.05) is 10.2 Å². The minimum Gasteiger partial charge on any atom is -0.449 e. The van der Waals surface area contributed by atoms with Crippen LogP contribution in [-0.4, -0.2) is 34.6 Å². The monoisotopic (exact) mass is 385 g/mol. The van der Waals surface area contributed by atoms with Gasteiger partial charge in [-0.1, -0.05) is 24.2 Å². The number of rotatable bonds is 4. The minimum absolute atomic E-state index is 0.234. The van der Waals surface area contributed by atoms with Crippen molar-refractivity contribution >= 4 is 29.2 Å². The molecule has 8 nitrogen and oxygen atoms in total. The van der Waals surface area contributed by atoms with E-state index in [1.54, 1.807) is 45.0 Å². The zero-order valence-corrected chi connectivity index (χ0v) is 16.5. The van der Waals surface area contributed by atoms with E-state index in [2.05, 4.69) is 10.5 Å². The van der Waals surface area contributed by atoms with Gasteiger partial charge in [0.05, 0.1) is 17.1 Å². The highest BCUT2D eigenvalue weighted by atomic mass is 16.5. The van der Waals surface area contributed by atoms with Gasteiger partial charge in [0.15, 0.2) is 6.10 Å². The summed E-state index contributed by atoms with van der Waals surface area (Å²) in [6.07, 6.45) is -0.610. The third-order valence-electron chi connectivity index (χ3n) is 4.83. The van der Waals surface area contributed by atoms with Gasteiger partial charge in [-0.2, -0.15) is 0 Å². The number of carbonyl (C=O) groups is 3. The molecule has 148 valence electrons. The van der Waals surface area contributed by atoms with Crippen LogP contribution in [0.1, 0.15) is 49.5 Å². The number of fused-ring (bicyclic) bond motifs is 1. The van der Waals surface area contributed by atoms with Crippen molar-refractivity contribution in [2.24, 2.45) is 0 Å². The fourth-order valence-corrected chi connectivity index (χ4v) is 3.22. The molecule has 1 aromatic carbocycles. The summed E-state index contributed by atoms with van der Waals surface area (Å²) in [5.41, 5.74) is 0.647. The maximum absolute atomic E-state index is 13.2. The second kappa shape index (κ2) is 7.10. The molecule has 8 heteroatoms. The second-order valence-electron chi connectivity index (χ2n) is 7.17. The van der Waals surface area contributed by atoms with Crippen LogP contribution in [0.4, 0.5) is 11.4 Å².